The topological polar surface area (TPSA) is 49.4 Å². The normalized spacial score (nSPS) is 15.4. The van der Waals surface area contributed by atoms with Gasteiger partial charge in [-0.15, -0.1) is 0 Å². The zero-order chi connectivity index (χ0) is 21.3. The maximum atomic E-state index is 13.4. The van der Waals surface area contributed by atoms with Crippen molar-refractivity contribution in [2.24, 2.45) is 0 Å². The van der Waals surface area contributed by atoms with Gasteiger partial charge in [0.1, 0.15) is 6.04 Å². The van der Waals surface area contributed by atoms with Gasteiger partial charge in [-0.2, -0.15) is 0 Å². The summed E-state index contributed by atoms with van der Waals surface area (Å²) in [5, 5.41) is 3.90. The highest BCUT2D eigenvalue weighted by Gasteiger charge is 2.31. The van der Waals surface area contributed by atoms with Gasteiger partial charge in [-0.3, -0.25) is 9.59 Å². The molecule has 0 saturated heterocycles. The van der Waals surface area contributed by atoms with Crippen LogP contribution in [-0.2, 0) is 22.6 Å². The molecule has 1 fully saturated rings. The molecule has 0 aliphatic heterocycles. The van der Waals surface area contributed by atoms with Crippen molar-refractivity contribution in [3.05, 3.63) is 70.7 Å². The number of amides is 2. The Morgan fingerprint density at radius 3 is 2.30 bits per heavy atom. The standard InChI is InChI=1S/C25H31ClN2O2/c1-2-24(29)28(18-20-13-15-21(26)16-14-20)23(17-19-9-5-3-6-10-19)25(30)27-22-11-7-4-8-12-22/h3,5-6,9-10,13-16,22-23H,2,4,7-8,11-12,17-18H2,1H3,(H,27,30). The van der Waals surface area contributed by atoms with Gasteiger partial charge in [-0.1, -0.05) is 80.3 Å². The maximum Gasteiger partial charge on any atom is 0.243 e. The van der Waals surface area contributed by atoms with E-state index in [1.54, 1.807) is 4.90 Å². The van der Waals surface area contributed by atoms with Crippen molar-refractivity contribution in [3.63, 3.8) is 0 Å². The van der Waals surface area contributed by atoms with Crippen LogP contribution >= 0.6 is 11.6 Å². The van der Waals surface area contributed by atoms with Crippen molar-refractivity contribution in [2.45, 2.75) is 70.5 Å². The van der Waals surface area contributed by atoms with Crippen LogP contribution in [0.25, 0.3) is 0 Å². The van der Waals surface area contributed by atoms with Crippen molar-refractivity contribution in [2.75, 3.05) is 0 Å². The SMILES string of the molecule is CCC(=O)N(Cc1ccc(Cl)cc1)C(Cc1ccccc1)C(=O)NC1CCCCC1. The van der Waals surface area contributed by atoms with Crippen LogP contribution < -0.4 is 5.32 Å². The molecule has 1 saturated carbocycles. The van der Waals surface area contributed by atoms with E-state index >= 15 is 0 Å². The van der Waals surface area contributed by atoms with E-state index in [0.717, 1.165) is 36.8 Å². The highest BCUT2D eigenvalue weighted by atomic mass is 35.5. The molecule has 2 aromatic carbocycles. The van der Waals surface area contributed by atoms with Crippen molar-refractivity contribution in [1.29, 1.82) is 0 Å². The Hall–Kier alpha value is -2.33. The Labute approximate surface area is 184 Å². The first-order valence-electron chi connectivity index (χ1n) is 10.9. The van der Waals surface area contributed by atoms with Gasteiger partial charge in [-0.25, -0.2) is 0 Å². The molecule has 1 unspecified atom stereocenters. The fourth-order valence-corrected chi connectivity index (χ4v) is 4.21. The number of hydrogen-bond donors (Lipinski definition) is 1. The van der Waals surface area contributed by atoms with E-state index in [0.29, 0.717) is 24.4 Å². The lowest BCUT2D eigenvalue weighted by Crippen LogP contribution is -2.52. The molecule has 0 radical (unpaired) electrons. The first-order valence-corrected chi connectivity index (χ1v) is 11.3. The molecule has 1 aliphatic rings. The van der Waals surface area contributed by atoms with Crippen LogP contribution in [0.15, 0.2) is 54.6 Å². The summed E-state index contributed by atoms with van der Waals surface area (Å²) in [4.78, 5) is 28.1. The summed E-state index contributed by atoms with van der Waals surface area (Å²) in [5.41, 5.74) is 2.01. The molecule has 0 bridgehead atoms. The van der Waals surface area contributed by atoms with Gasteiger partial charge in [-0.05, 0) is 36.1 Å². The van der Waals surface area contributed by atoms with Gasteiger partial charge in [0, 0.05) is 30.5 Å². The smallest absolute Gasteiger partial charge is 0.243 e. The van der Waals surface area contributed by atoms with E-state index in [2.05, 4.69) is 5.32 Å². The Balaban J connectivity index is 1.85. The molecular formula is C25H31ClN2O2. The number of hydrogen-bond acceptors (Lipinski definition) is 2. The van der Waals surface area contributed by atoms with E-state index in [1.807, 2.05) is 61.5 Å². The van der Waals surface area contributed by atoms with Crippen LogP contribution in [0.5, 0.6) is 0 Å². The van der Waals surface area contributed by atoms with Crippen LogP contribution in [0, 0.1) is 0 Å². The predicted molar refractivity (Wildman–Crippen MR) is 121 cm³/mol. The number of carbonyl (C=O) groups is 2. The van der Waals surface area contributed by atoms with Crippen LogP contribution in [0.4, 0.5) is 0 Å². The second kappa shape index (κ2) is 11.2. The predicted octanol–water partition coefficient (Wildman–Crippen LogP) is 5.14. The van der Waals surface area contributed by atoms with Gasteiger partial charge in [0.2, 0.25) is 11.8 Å². The molecule has 0 aromatic heterocycles. The molecule has 0 heterocycles. The number of nitrogens with one attached hydrogen (secondary N) is 1. The molecule has 1 N–H and O–H groups in total. The van der Waals surface area contributed by atoms with E-state index in [9.17, 15) is 9.59 Å². The van der Waals surface area contributed by atoms with Crippen molar-refractivity contribution in [3.8, 4) is 0 Å². The third-order valence-electron chi connectivity index (χ3n) is 5.79. The van der Waals surface area contributed by atoms with Crippen LogP contribution in [0.3, 0.4) is 0 Å². The highest BCUT2D eigenvalue weighted by Crippen LogP contribution is 2.20. The lowest BCUT2D eigenvalue weighted by Gasteiger charge is -2.33. The molecule has 5 heteroatoms. The minimum Gasteiger partial charge on any atom is -0.352 e. The fourth-order valence-electron chi connectivity index (χ4n) is 4.09. The lowest BCUT2D eigenvalue weighted by atomic mass is 9.94. The highest BCUT2D eigenvalue weighted by molar-refractivity contribution is 6.30. The minimum absolute atomic E-state index is 0.0234. The van der Waals surface area contributed by atoms with Gasteiger partial charge in [0.05, 0.1) is 0 Å². The molecule has 3 rings (SSSR count). The molecular weight excluding hydrogens is 396 g/mol. The third-order valence-corrected chi connectivity index (χ3v) is 6.04. The fraction of sp³-hybridized carbons (Fsp3) is 0.440. The largest absolute Gasteiger partial charge is 0.352 e. The molecule has 1 aliphatic carbocycles. The Kier molecular flexibility index (Phi) is 8.32. The Morgan fingerprint density at radius 1 is 1.00 bits per heavy atom. The summed E-state index contributed by atoms with van der Waals surface area (Å²) in [6, 6.07) is 17.1. The van der Waals surface area contributed by atoms with Gasteiger partial charge < -0.3 is 10.2 Å². The van der Waals surface area contributed by atoms with Crippen LogP contribution in [0.2, 0.25) is 5.02 Å². The molecule has 0 spiro atoms. The summed E-state index contributed by atoms with van der Waals surface area (Å²) in [6.45, 7) is 2.23. The molecule has 30 heavy (non-hydrogen) atoms. The number of carbonyl (C=O) groups excluding carboxylic acids is 2. The lowest BCUT2D eigenvalue weighted by molar-refractivity contribution is -0.141. The van der Waals surface area contributed by atoms with Crippen LogP contribution in [0.1, 0.15) is 56.6 Å². The monoisotopic (exact) mass is 426 g/mol. The Morgan fingerprint density at radius 2 is 1.67 bits per heavy atom. The van der Waals surface area contributed by atoms with E-state index < -0.39 is 6.04 Å². The number of halogens is 1. The molecule has 4 nitrogen and oxygen atoms in total. The summed E-state index contributed by atoms with van der Waals surface area (Å²) >= 11 is 6.02. The molecule has 160 valence electrons. The summed E-state index contributed by atoms with van der Waals surface area (Å²) in [6.07, 6.45) is 6.42. The number of nitrogens with zero attached hydrogens (tertiary/aromatic N) is 1. The third kappa shape index (κ3) is 6.33. The van der Waals surface area contributed by atoms with Crippen molar-refractivity contribution >= 4 is 23.4 Å². The van der Waals surface area contributed by atoms with E-state index in [4.69, 9.17) is 11.6 Å². The Bertz CT molecular complexity index is 817. The van der Waals surface area contributed by atoms with Crippen molar-refractivity contribution in [1.82, 2.24) is 10.2 Å². The first kappa shape index (κ1) is 22.4. The summed E-state index contributed by atoms with van der Waals surface area (Å²) in [5.74, 6) is -0.0776. The second-order valence-electron chi connectivity index (χ2n) is 8.05. The quantitative estimate of drug-likeness (QED) is 0.635. The maximum absolute atomic E-state index is 13.4. The molecule has 1 atom stereocenters. The summed E-state index contributed by atoms with van der Waals surface area (Å²) < 4.78 is 0. The van der Waals surface area contributed by atoms with Crippen molar-refractivity contribution < 1.29 is 9.59 Å². The first-order chi connectivity index (χ1) is 14.6. The number of benzene rings is 2. The van der Waals surface area contributed by atoms with Gasteiger partial charge in [0.15, 0.2) is 0 Å². The second-order valence-corrected chi connectivity index (χ2v) is 8.49. The van der Waals surface area contributed by atoms with Crippen LogP contribution in [-0.4, -0.2) is 28.8 Å². The molecule has 2 aromatic rings. The van der Waals surface area contributed by atoms with E-state index in [1.165, 1.54) is 6.42 Å². The molecule has 2 amide bonds. The minimum atomic E-state index is -0.544. The number of rotatable bonds is 8. The van der Waals surface area contributed by atoms with Gasteiger partial charge >= 0.3 is 0 Å². The van der Waals surface area contributed by atoms with E-state index in [-0.39, 0.29) is 17.9 Å². The zero-order valence-corrected chi connectivity index (χ0v) is 18.4. The average molecular weight is 427 g/mol. The summed E-state index contributed by atoms with van der Waals surface area (Å²) in [7, 11) is 0. The average Bonchev–Trinajstić information content (AvgIpc) is 2.78. The van der Waals surface area contributed by atoms with Gasteiger partial charge in [0.25, 0.3) is 0 Å². The zero-order valence-electron chi connectivity index (χ0n) is 17.6.